The Labute approximate surface area is 165 Å². The van der Waals surface area contributed by atoms with Crippen LogP contribution >= 0.6 is 0 Å². The van der Waals surface area contributed by atoms with Crippen molar-refractivity contribution < 1.29 is 29.3 Å². The van der Waals surface area contributed by atoms with Crippen LogP contribution in [0.5, 0.6) is 5.75 Å². The fraction of sp³-hybridized carbons (Fsp3) is 0.450. The van der Waals surface area contributed by atoms with Crippen molar-refractivity contribution in [1.29, 1.82) is 0 Å². The summed E-state index contributed by atoms with van der Waals surface area (Å²) >= 11 is 0. The molecule has 0 saturated carbocycles. The summed E-state index contributed by atoms with van der Waals surface area (Å²) < 4.78 is 5.40. The van der Waals surface area contributed by atoms with Crippen molar-refractivity contribution in [1.82, 2.24) is 5.32 Å². The van der Waals surface area contributed by atoms with Gasteiger partial charge >= 0.3 is 0 Å². The third kappa shape index (κ3) is 10.3. The van der Waals surface area contributed by atoms with E-state index in [9.17, 15) is 24.6 Å². The van der Waals surface area contributed by atoms with Gasteiger partial charge in [-0.15, -0.1) is 0 Å². The molecule has 0 aliphatic rings. The number of hydrogen-bond acceptors (Lipinski definition) is 7. The van der Waals surface area contributed by atoms with Crippen LogP contribution in [0, 0.1) is 6.92 Å². The summed E-state index contributed by atoms with van der Waals surface area (Å²) in [6, 6.07) is 4.27. The lowest BCUT2D eigenvalue weighted by molar-refractivity contribution is -0.301. The number of ether oxygens (including phenoxy) is 1. The molecule has 0 bridgehead atoms. The molecule has 28 heavy (non-hydrogen) atoms. The number of carboxylic acid groups (broad SMARTS) is 2. The average Bonchev–Trinajstić information content (AvgIpc) is 2.59. The van der Waals surface area contributed by atoms with Gasteiger partial charge in [0, 0.05) is 11.7 Å². The first-order valence-electron chi connectivity index (χ1n) is 8.79. The Morgan fingerprint density at radius 1 is 1.07 bits per heavy atom. The number of aliphatic carboxylic acids is 2. The number of carboxylic acids is 2. The minimum absolute atomic E-state index is 0.0262. The number of benzene rings is 1. The maximum Gasteiger partial charge on any atom is 0.238 e. The summed E-state index contributed by atoms with van der Waals surface area (Å²) in [6.07, 6.45) is 0.769. The van der Waals surface area contributed by atoms with Gasteiger partial charge in [0.1, 0.15) is 5.75 Å². The first kappa shape index (κ1) is 25.1. The Balaban J connectivity index is 0.000000769. The monoisotopic (exact) mass is 392 g/mol. The van der Waals surface area contributed by atoms with Crippen LogP contribution in [0.25, 0.3) is 0 Å². The fourth-order valence-corrected chi connectivity index (χ4v) is 2.09. The highest BCUT2D eigenvalue weighted by Gasteiger charge is 2.13. The van der Waals surface area contributed by atoms with Gasteiger partial charge in [0.05, 0.1) is 25.6 Å². The van der Waals surface area contributed by atoms with Crippen LogP contribution in [0.15, 0.2) is 24.3 Å². The molecule has 0 atom stereocenters. The van der Waals surface area contributed by atoms with E-state index in [-0.39, 0.29) is 5.91 Å². The molecule has 0 radical (unpaired) electrons. The number of rotatable bonds is 8. The van der Waals surface area contributed by atoms with Crippen LogP contribution in [-0.4, -0.2) is 37.5 Å². The quantitative estimate of drug-likeness (QED) is 0.600. The van der Waals surface area contributed by atoms with Gasteiger partial charge in [-0.25, -0.2) is 0 Å². The second kappa shape index (κ2) is 12.5. The normalized spacial score (nSPS) is 10.6. The van der Waals surface area contributed by atoms with Gasteiger partial charge in [0.15, 0.2) is 0 Å². The second-order valence-electron chi connectivity index (χ2n) is 6.62. The molecule has 8 heteroatoms. The number of carbonyl (C=O) groups excluding carboxylic acids is 3. The lowest BCUT2D eigenvalue weighted by Crippen LogP contribution is -2.32. The van der Waals surface area contributed by atoms with Gasteiger partial charge in [0.2, 0.25) is 5.91 Å². The SMILES string of the molecule is COc1cc(C)c(NC(=O)CNC(C)C)cc1C(C)C.O=C([O-])/C=C/C(=O)[O-]. The molecule has 8 nitrogen and oxygen atoms in total. The standard InChI is InChI=1S/C16H26N2O2.C4H4O4/c1-10(2)13-8-14(12(5)7-15(13)20-6)18-16(19)9-17-11(3)4;5-3(6)1-2-4(7)8/h7-8,10-11,17H,9H2,1-6H3,(H,18,19);1-2H,(H,5,6)(H,7,8)/p-2/b;2-1+. The molecule has 0 aromatic heterocycles. The summed E-state index contributed by atoms with van der Waals surface area (Å²) in [4.78, 5) is 30.7. The number of amides is 1. The van der Waals surface area contributed by atoms with E-state index in [1.54, 1.807) is 7.11 Å². The maximum absolute atomic E-state index is 11.9. The predicted octanol–water partition coefficient (Wildman–Crippen LogP) is 0.106. The van der Waals surface area contributed by atoms with E-state index in [0.29, 0.717) is 30.7 Å². The van der Waals surface area contributed by atoms with Gasteiger partial charge in [-0.3, -0.25) is 4.79 Å². The zero-order valence-electron chi connectivity index (χ0n) is 17.1. The molecule has 1 rings (SSSR count). The molecule has 1 amide bonds. The van der Waals surface area contributed by atoms with E-state index >= 15 is 0 Å². The molecule has 0 aliphatic carbocycles. The van der Waals surface area contributed by atoms with Crippen molar-refractivity contribution in [3.05, 3.63) is 35.4 Å². The second-order valence-corrected chi connectivity index (χ2v) is 6.62. The highest BCUT2D eigenvalue weighted by Crippen LogP contribution is 2.31. The van der Waals surface area contributed by atoms with E-state index in [0.717, 1.165) is 22.6 Å². The van der Waals surface area contributed by atoms with Gasteiger partial charge < -0.3 is 35.2 Å². The molecule has 0 fully saturated rings. The number of nitrogens with one attached hydrogen (secondary N) is 2. The van der Waals surface area contributed by atoms with E-state index in [2.05, 4.69) is 24.5 Å². The molecule has 0 spiro atoms. The van der Waals surface area contributed by atoms with Gasteiger partial charge in [-0.2, -0.15) is 0 Å². The predicted molar refractivity (Wildman–Crippen MR) is 103 cm³/mol. The topological polar surface area (TPSA) is 131 Å². The van der Waals surface area contributed by atoms with E-state index in [4.69, 9.17) is 4.74 Å². The van der Waals surface area contributed by atoms with E-state index < -0.39 is 11.9 Å². The van der Waals surface area contributed by atoms with Crippen LogP contribution in [0.2, 0.25) is 0 Å². The molecular weight excluding hydrogens is 364 g/mol. The maximum atomic E-state index is 11.9. The van der Waals surface area contributed by atoms with Gasteiger partial charge in [0.25, 0.3) is 0 Å². The van der Waals surface area contributed by atoms with Crippen molar-refractivity contribution in [2.24, 2.45) is 0 Å². The van der Waals surface area contributed by atoms with Gasteiger partial charge in [-0.1, -0.05) is 27.7 Å². The van der Waals surface area contributed by atoms with Crippen LogP contribution in [-0.2, 0) is 14.4 Å². The molecule has 0 aliphatic heterocycles. The molecule has 0 heterocycles. The first-order chi connectivity index (χ1) is 13.0. The summed E-state index contributed by atoms with van der Waals surface area (Å²) in [5.74, 6) is -1.91. The van der Waals surface area contributed by atoms with E-state index in [1.807, 2.05) is 32.9 Å². The van der Waals surface area contributed by atoms with Crippen LogP contribution in [0.3, 0.4) is 0 Å². The summed E-state index contributed by atoms with van der Waals surface area (Å²) in [7, 11) is 1.67. The van der Waals surface area contributed by atoms with E-state index in [1.165, 1.54) is 0 Å². The largest absolute Gasteiger partial charge is 0.545 e. The van der Waals surface area contributed by atoms with Crippen molar-refractivity contribution in [3.63, 3.8) is 0 Å². The van der Waals surface area contributed by atoms with Crippen molar-refractivity contribution in [2.75, 3.05) is 19.0 Å². The van der Waals surface area contributed by atoms with Crippen LogP contribution in [0.4, 0.5) is 5.69 Å². The summed E-state index contributed by atoms with van der Waals surface area (Å²) in [6.45, 7) is 10.5. The third-order valence-electron chi connectivity index (χ3n) is 3.50. The molecule has 0 unspecified atom stereocenters. The summed E-state index contributed by atoms with van der Waals surface area (Å²) in [5, 5.41) is 24.9. The number of anilines is 1. The molecule has 0 saturated heterocycles. The van der Waals surface area contributed by atoms with Crippen molar-refractivity contribution in [2.45, 2.75) is 46.6 Å². The molecule has 2 N–H and O–H groups in total. The fourth-order valence-electron chi connectivity index (χ4n) is 2.09. The minimum atomic E-state index is -1.55. The third-order valence-corrected chi connectivity index (χ3v) is 3.50. The lowest BCUT2D eigenvalue weighted by Gasteiger charge is -2.17. The molecule has 1 aromatic rings. The Morgan fingerprint density at radius 3 is 2.00 bits per heavy atom. The Bertz CT molecular complexity index is 695. The number of carbonyl (C=O) groups is 3. The molecule has 156 valence electrons. The zero-order chi connectivity index (χ0) is 21.9. The Hall–Kier alpha value is -2.87. The number of aryl methyl sites for hydroxylation is 1. The number of methoxy groups -OCH3 is 1. The van der Waals surface area contributed by atoms with Crippen molar-refractivity contribution in [3.8, 4) is 5.75 Å². The highest BCUT2D eigenvalue weighted by atomic mass is 16.5. The van der Waals surface area contributed by atoms with Crippen LogP contribution in [0.1, 0.15) is 44.7 Å². The minimum Gasteiger partial charge on any atom is -0.545 e. The smallest absolute Gasteiger partial charge is 0.238 e. The number of hydrogen-bond donors (Lipinski definition) is 2. The highest BCUT2D eigenvalue weighted by molar-refractivity contribution is 5.93. The van der Waals surface area contributed by atoms with Crippen molar-refractivity contribution >= 4 is 23.5 Å². The zero-order valence-corrected chi connectivity index (χ0v) is 17.1. The Morgan fingerprint density at radius 2 is 1.61 bits per heavy atom. The van der Waals surface area contributed by atoms with Crippen LogP contribution < -0.4 is 25.6 Å². The lowest BCUT2D eigenvalue weighted by atomic mass is 9.99. The average molecular weight is 392 g/mol. The van der Waals surface area contributed by atoms with Gasteiger partial charge in [-0.05, 0) is 48.3 Å². The first-order valence-corrected chi connectivity index (χ1v) is 8.79. The summed E-state index contributed by atoms with van der Waals surface area (Å²) in [5.41, 5.74) is 2.96. The molecular formula is C20H28N2O6-2. The Kier molecular flexibility index (Phi) is 11.2. The molecule has 1 aromatic carbocycles.